The standard InChI is InChI=1S/C16H16N2O4S/c1-22-16(21)11-5-2-3-6-12(11)18-14(19)8-9-17-15(20)13-7-4-10-23-13/h2-7,10H,8-9H2,1H3,(H,17,20)(H,18,19). The Balaban J connectivity index is 1.86. The lowest BCUT2D eigenvalue weighted by atomic mass is 10.1. The van der Waals surface area contributed by atoms with Crippen molar-refractivity contribution in [3.8, 4) is 0 Å². The van der Waals surface area contributed by atoms with Crippen LogP contribution in [0.25, 0.3) is 0 Å². The highest BCUT2D eigenvalue weighted by Gasteiger charge is 2.13. The number of amides is 2. The number of methoxy groups -OCH3 is 1. The summed E-state index contributed by atoms with van der Waals surface area (Å²) in [5, 5.41) is 7.13. The minimum Gasteiger partial charge on any atom is -0.465 e. The molecule has 0 aliphatic heterocycles. The molecule has 0 saturated heterocycles. The summed E-state index contributed by atoms with van der Waals surface area (Å²) in [4.78, 5) is 35.9. The normalized spacial score (nSPS) is 9.96. The topological polar surface area (TPSA) is 84.5 Å². The van der Waals surface area contributed by atoms with Gasteiger partial charge in [-0.2, -0.15) is 0 Å². The fraction of sp³-hybridized carbons (Fsp3) is 0.188. The fourth-order valence-corrected chi connectivity index (χ4v) is 2.52. The highest BCUT2D eigenvalue weighted by molar-refractivity contribution is 7.12. The van der Waals surface area contributed by atoms with Crippen LogP contribution in [0.15, 0.2) is 41.8 Å². The Morgan fingerprint density at radius 1 is 1.13 bits per heavy atom. The highest BCUT2D eigenvalue weighted by atomic mass is 32.1. The maximum atomic E-state index is 11.9. The molecule has 6 nitrogen and oxygen atoms in total. The van der Waals surface area contributed by atoms with E-state index in [2.05, 4.69) is 15.4 Å². The van der Waals surface area contributed by atoms with Crippen LogP contribution in [0.4, 0.5) is 5.69 Å². The molecule has 2 N–H and O–H groups in total. The number of hydrogen-bond acceptors (Lipinski definition) is 5. The molecule has 2 amide bonds. The number of carbonyl (C=O) groups excluding carboxylic acids is 3. The summed E-state index contributed by atoms with van der Waals surface area (Å²) in [6, 6.07) is 10.1. The summed E-state index contributed by atoms with van der Waals surface area (Å²) < 4.78 is 4.67. The molecule has 0 bridgehead atoms. The number of benzene rings is 1. The minimum atomic E-state index is -0.521. The summed E-state index contributed by atoms with van der Waals surface area (Å²) in [7, 11) is 1.28. The average Bonchev–Trinajstić information content (AvgIpc) is 3.09. The molecule has 7 heteroatoms. The van der Waals surface area contributed by atoms with Gasteiger partial charge in [-0.25, -0.2) is 4.79 Å². The molecule has 0 fully saturated rings. The number of thiophene rings is 1. The van der Waals surface area contributed by atoms with E-state index in [0.29, 0.717) is 10.6 Å². The Kier molecular flexibility index (Phi) is 5.87. The molecule has 0 atom stereocenters. The van der Waals surface area contributed by atoms with Crippen LogP contribution < -0.4 is 10.6 Å². The molecule has 2 aromatic rings. The molecule has 1 aromatic heterocycles. The number of anilines is 1. The van der Waals surface area contributed by atoms with Crippen LogP contribution in [0.2, 0.25) is 0 Å². The first-order valence-electron chi connectivity index (χ1n) is 6.90. The molecule has 23 heavy (non-hydrogen) atoms. The zero-order chi connectivity index (χ0) is 16.7. The first-order valence-corrected chi connectivity index (χ1v) is 7.78. The lowest BCUT2D eigenvalue weighted by molar-refractivity contribution is -0.116. The van der Waals surface area contributed by atoms with Crippen LogP contribution in [-0.4, -0.2) is 31.4 Å². The summed E-state index contributed by atoms with van der Waals surface area (Å²) in [5.74, 6) is -1.03. The second-order valence-corrected chi connectivity index (χ2v) is 5.52. The van der Waals surface area contributed by atoms with Gasteiger partial charge in [-0.3, -0.25) is 9.59 Å². The first-order chi connectivity index (χ1) is 11.1. The number of rotatable bonds is 6. The van der Waals surface area contributed by atoms with E-state index in [1.807, 2.05) is 5.38 Å². The van der Waals surface area contributed by atoms with Crippen LogP contribution in [0.1, 0.15) is 26.5 Å². The van der Waals surface area contributed by atoms with Gasteiger partial charge in [0.15, 0.2) is 0 Å². The quantitative estimate of drug-likeness (QED) is 0.795. The first kappa shape index (κ1) is 16.7. The molecule has 0 aliphatic rings. The van der Waals surface area contributed by atoms with Crippen molar-refractivity contribution in [1.29, 1.82) is 0 Å². The lowest BCUT2D eigenvalue weighted by Gasteiger charge is -2.09. The van der Waals surface area contributed by atoms with E-state index in [1.165, 1.54) is 18.4 Å². The van der Waals surface area contributed by atoms with E-state index in [-0.39, 0.29) is 30.3 Å². The Hall–Kier alpha value is -2.67. The third-order valence-corrected chi connectivity index (χ3v) is 3.86. The van der Waals surface area contributed by atoms with Gasteiger partial charge < -0.3 is 15.4 Å². The Morgan fingerprint density at radius 3 is 2.61 bits per heavy atom. The van der Waals surface area contributed by atoms with Gasteiger partial charge in [0, 0.05) is 13.0 Å². The van der Waals surface area contributed by atoms with Crippen molar-refractivity contribution in [2.24, 2.45) is 0 Å². The zero-order valence-corrected chi connectivity index (χ0v) is 13.3. The number of ether oxygens (including phenoxy) is 1. The van der Waals surface area contributed by atoms with E-state index in [0.717, 1.165) is 0 Å². The number of para-hydroxylation sites is 1. The van der Waals surface area contributed by atoms with Crippen LogP contribution in [0.5, 0.6) is 0 Å². The molecule has 0 radical (unpaired) electrons. The van der Waals surface area contributed by atoms with Crippen molar-refractivity contribution in [2.75, 3.05) is 19.0 Å². The molecule has 2 rings (SSSR count). The third-order valence-electron chi connectivity index (χ3n) is 2.99. The Bertz CT molecular complexity index is 698. The molecule has 0 unspecified atom stereocenters. The Labute approximate surface area is 137 Å². The van der Waals surface area contributed by atoms with Gasteiger partial charge in [0.2, 0.25) is 5.91 Å². The summed E-state index contributed by atoms with van der Waals surface area (Å²) in [5.41, 5.74) is 0.667. The smallest absolute Gasteiger partial charge is 0.339 e. The second-order valence-electron chi connectivity index (χ2n) is 4.57. The van der Waals surface area contributed by atoms with Crippen LogP contribution in [-0.2, 0) is 9.53 Å². The summed E-state index contributed by atoms with van der Waals surface area (Å²) in [6.07, 6.45) is 0.104. The van der Waals surface area contributed by atoms with Gasteiger partial charge in [-0.15, -0.1) is 11.3 Å². The van der Waals surface area contributed by atoms with Crippen molar-refractivity contribution in [3.05, 3.63) is 52.2 Å². The van der Waals surface area contributed by atoms with Crippen LogP contribution in [0.3, 0.4) is 0 Å². The number of carbonyl (C=O) groups is 3. The SMILES string of the molecule is COC(=O)c1ccccc1NC(=O)CCNC(=O)c1cccs1. The second kappa shape index (κ2) is 8.09. The van der Waals surface area contributed by atoms with Crippen molar-refractivity contribution in [3.63, 3.8) is 0 Å². The van der Waals surface area contributed by atoms with Crippen molar-refractivity contribution >= 4 is 34.8 Å². The van der Waals surface area contributed by atoms with E-state index < -0.39 is 5.97 Å². The molecular formula is C16H16N2O4S. The number of esters is 1. The van der Waals surface area contributed by atoms with Crippen LogP contribution >= 0.6 is 11.3 Å². The van der Waals surface area contributed by atoms with Gasteiger partial charge in [0.25, 0.3) is 5.91 Å². The van der Waals surface area contributed by atoms with Crippen LogP contribution in [0, 0.1) is 0 Å². The van der Waals surface area contributed by atoms with Crippen molar-refractivity contribution in [2.45, 2.75) is 6.42 Å². The largest absolute Gasteiger partial charge is 0.465 e. The maximum Gasteiger partial charge on any atom is 0.339 e. The monoisotopic (exact) mass is 332 g/mol. The van der Waals surface area contributed by atoms with Gasteiger partial charge >= 0.3 is 5.97 Å². The molecule has 0 saturated carbocycles. The third kappa shape index (κ3) is 4.65. The fourth-order valence-electron chi connectivity index (χ4n) is 1.88. The average molecular weight is 332 g/mol. The van der Waals surface area contributed by atoms with E-state index in [4.69, 9.17) is 0 Å². The van der Waals surface area contributed by atoms with E-state index in [9.17, 15) is 14.4 Å². The predicted molar refractivity (Wildman–Crippen MR) is 87.7 cm³/mol. The highest BCUT2D eigenvalue weighted by Crippen LogP contribution is 2.16. The molecule has 1 heterocycles. The predicted octanol–water partition coefficient (Wildman–Crippen LogP) is 2.29. The molecule has 0 aliphatic carbocycles. The molecule has 120 valence electrons. The lowest BCUT2D eigenvalue weighted by Crippen LogP contribution is -2.27. The van der Waals surface area contributed by atoms with Gasteiger partial charge in [-0.1, -0.05) is 18.2 Å². The van der Waals surface area contributed by atoms with Gasteiger partial charge in [-0.05, 0) is 23.6 Å². The number of hydrogen-bond donors (Lipinski definition) is 2. The molecule has 0 spiro atoms. The van der Waals surface area contributed by atoms with Crippen molar-refractivity contribution < 1.29 is 19.1 Å². The van der Waals surface area contributed by atoms with E-state index >= 15 is 0 Å². The molecular weight excluding hydrogens is 316 g/mol. The maximum absolute atomic E-state index is 11.9. The summed E-state index contributed by atoms with van der Waals surface area (Å²) >= 11 is 1.34. The summed E-state index contributed by atoms with van der Waals surface area (Å²) in [6.45, 7) is 0.211. The van der Waals surface area contributed by atoms with Crippen molar-refractivity contribution in [1.82, 2.24) is 5.32 Å². The van der Waals surface area contributed by atoms with E-state index in [1.54, 1.807) is 36.4 Å². The Morgan fingerprint density at radius 2 is 1.91 bits per heavy atom. The van der Waals surface area contributed by atoms with Gasteiger partial charge in [0.1, 0.15) is 0 Å². The minimum absolute atomic E-state index is 0.104. The number of nitrogens with one attached hydrogen (secondary N) is 2. The molecule has 1 aromatic carbocycles. The zero-order valence-electron chi connectivity index (χ0n) is 12.5. The van der Waals surface area contributed by atoms with Gasteiger partial charge in [0.05, 0.1) is 23.2 Å².